The van der Waals surface area contributed by atoms with Crippen LogP contribution in [0.1, 0.15) is 25.7 Å². The number of esters is 1. The minimum atomic E-state index is -0.0851. The van der Waals surface area contributed by atoms with Gasteiger partial charge in [-0.2, -0.15) is 0 Å². The van der Waals surface area contributed by atoms with Gasteiger partial charge in [-0.05, 0) is 32.2 Å². The zero-order valence-electron chi connectivity index (χ0n) is 9.28. The molecule has 2 fully saturated rings. The molecule has 2 rings (SSSR count). The van der Waals surface area contributed by atoms with Crippen molar-refractivity contribution in [1.82, 2.24) is 4.90 Å². The van der Waals surface area contributed by atoms with Crippen LogP contribution in [0.4, 0.5) is 0 Å². The Bertz CT molecular complexity index is 226. The quantitative estimate of drug-likeness (QED) is 0.636. The molecule has 0 aromatic carbocycles. The summed E-state index contributed by atoms with van der Waals surface area (Å²) >= 11 is 0. The summed E-state index contributed by atoms with van der Waals surface area (Å²) in [4.78, 5) is 13.8. The number of nitrogens with zero attached hydrogens (tertiary/aromatic N) is 1. The van der Waals surface area contributed by atoms with E-state index >= 15 is 0 Å². The molecule has 0 aromatic rings. The second-order valence-electron chi connectivity index (χ2n) is 4.29. The van der Waals surface area contributed by atoms with E-state index in [2.05, 4.69) is 4.90 Å². The highest BCUT2D eigenvalue weighted by Gasteiger charge is 2.36. The monoisotopic (exact) mass is 213 g/mol. The third-order valence-corrected chi connectivity index (χ3v) is 3.37. The molecule has 2 unspecified atom stereocenters. The summed E-state index contributed by atoms with van der Waals surface area (Å²) in [6.07, 6.45) is 4.28. The van der Waals surface area contributed by atoms with Crippen molar-refractivity contribution >= 4 is 5.97 Å². The first-order chi connectivity index (χ1) is 7.33. The number of carbonyl (C=O) groups excluding carboxylic acids is 1. The first-order valence-corrected chi connectivity index (χ1v) is 5.74. The number of likely N-dealkylation sites (tertiary alicyclic amines) is 1. The molecule has 4 heteroatoms. The fraction of sp³-hybridized carbons (Fsp3) is 0.909. The van der Waals surface area contributed by atoms with Crippen LogP contribution in [0.15, 0.2) is 0 Å². The molecular formula is C11H19NO3. The van der Waals surface area contributed by atoms with Gasteiger partial charge in [0.05, 0.1) is 13.7 Å². The van der Waals surface area contributed by atoms with Crippen molar-refractivity contribution < 1.29 is 14.3 Å². The van der Waals surface area contributed by atoms with Gasteiger partial charge in [0, 0.05) is 12.6 Å². The van der Waals surface area contributed by atoms with E-state index < -0.39 is 0 Å². The number of hydrogen-bond donors (Lipinski definition) is 0. The van der Waals surface area contributed by atoms with Gasteiger partial charge in [-0.25, -0.2) is 0 Å². The van der Waals surface area contributed by atoms with Gasteiger partial charge in [-0.1, -0.05) is 0 Å². The van der Waals surface area contributed by atoms with Gasteiger partial charge in [0.15, 0.2) is 0 Å². The molecule has 0 radical (unpaired) electrons. The Labute approximate surface area is 90.5 Å². The minimum Gasteiger partial charge on any atom is -0.468 e. The van der Waals surface area contributed by atoms with Crippen molar-refractivity contribution in [2.75, 3.05) is 26.9 Å². The van der Waals surface area contributed by atoms with E-state index in [4.69, 9.17) is 9.47 Å². The molecule has 15 heavy (non-hydrogen) atoms. The lowest BCUT2D eigenvalue weighted by Crippen LogP contribution is -2.47. The van der Waals surface area contributed by atoms with Gasteiger partial charge in [-0.3, -0.25) is 9.69 Å². The molecule has 2 aliphatic heterocycles. The molecule has 2 aliphatic rings. The normalized spacial score (nSPS) is 32.9. The Kier molecular flexibility index (Phi) is 3.59. The lowest BCUT2D eigenvalue weighted by Gasteiger charge is -2.33. The van der Waals surface area contributed by atoms with Crippen LogP contribution < -0.4 is 0 Å². The number of hydrogen-bond acceptors (Lipinski definition) is 4. The van der Waals surface area contributed by atoms with Crippen LogP contribution in [-0.4, -0.2) is 49.8 Å². The van der Waals surface area contributed by atoms with E-state index in [9.17, 15) is 4.79 Å². The molecule has 86 valence electrons. The maximum atomic E-state index is 11.6. The average molecular weight is 213 g/mol. The van der Waals surface area contributed by atoms with E-state index in [1.807, 2.05) is 0 Å². The van der Waals surface area contributed by atoms with Crippen molar-refractivity contribution in [2.45, 2.75) is 37.8 Å². The van der Waals surface area contributed by atoms with E-state index in [-0.39, 0.29) is 12.0 Å². The molecule has 4 nitrogen and oxygen atoms in total. The highest BCUT2D eigenvalue weighted by atomic mass is 16.5. The Morgan fingerprint density at radius 3 is 2.93 bits per heavy atom. The molecule has 2 heterocycles. The summed E-state index contributed by atoms with van der Waals surface area (Å²) in [5, 5.41) is 0. The predicted octanol–water partition coefficient (Wildman–Crippen LogP) is 0.803. The topological polar surface area (TPSA) is 38.8 Å². The molecular weight excluding hydrogens is 194 g/mol. The highest BCUT2D eigenvalue weighted by molar-refractivity contribution is 5.76. The first kappa shape index (κ1) is 10.9. The minimum absolute atomic E-state index is 0.0262. The molecule has 0 amide bonds. The molecule has 0 aromatic heterocycles. The highest BCUT2D eigenvalue weighted by Crippen LogP contribution is 2.25. The average Bonchev–Trinajstić information content (AvgIpc) is 2.78. The first-order valence-electron chi connectivity index (χ1n) is 5.74. The Morgan fingerprint density at radius 1 is 1.40 bits per heavy atom. The van der Waals surface area contributed by atoms with Crippen molar-refractivity contribution in [3.63, 3.8) is 0 Å². The van der Waals surface area contributed by atoms with Crippen LogP contribution in [0.25, 0.3) is 0 Å². The standard InChI is InChI=1S/C11H19NO3/c1-14-11(13)10-5-2-6-12(10)9-4-3-7-15-8-9/h9-10H,2-8H2,1H3. The molecule has 0 saturated carbocycles. The van der Waals surface area contributed by atoms with Gasteiger partial charge in [-0.15, -0.1) is 0 Å². The van der Waals surface area contributed by atoms with Crippen LogP contribution in [0.2, 0.25) is 0 Å². The number of methoxy groups -OCH3 is 1. The van der Waals surface area contributed by atoms with Crippen LogP contribution in [0, 0.1) is 0 Å². The lowest BCUT2D eigenvalue weighted by molar-refractivity contribution is -0.147. The maximum Gasteiger partial charge on any atom is 0.323 e. The summed E-state index contributed by atoms with van der Waals surface area (Å²) < 4.78 is 10.3. The number of ether oxygens (including phenoxy) is 2. The third kappa shape index (κ3) is 2.32. The predicted molar refractivity (Wildman–Crippen MR) is 55.6 cm³/mol. The molecule has 0 bridgehead atoms. The van der Waals surface area contributed by atoms with E-state index in [1.54, 1.807) is 0 Å². The smallest absolute Gasteiger partial charge is 0.323 e. The lowest BCUT2D eigenvalue weighted by atomic mass is 10.1. The molecule has 0 N–H and O–H groups in total. The SMILES string of the molecule is COC(=O)C1CCCN1C1CCCOC1. The van der Waals surface area contributed by atoms with Gasteiger partial charge < -0.3 is 9.47 Å². The van der Waals surface area contributed by atoms with Crippen LogP contribution in [-0.2, 0) is 14.3 Å². The summed E-state index contributed by atoms with van der Waals surface area (Å²) in [6.45, 7) is 2.65. The summed E-state index contributed by atoms with van der Waals surface area (Å²) in [6, 6.07) is 0.395. The fourth-order valence-electron chi connectivity index (χ4n) is 2.60. The van der Waals surface area contributed by atoms with Crippen LogP contribution >= 0.6 is 0 Å². The van der Waals surface area contributed by atoms with Gasteiger partial charge in [0.25, 0.3) is 0 Å². The fourth-order valence-corrected chi connectivity index (χ4v) is 2.60. The molecule has 0 spiro atoms. The Hall–Kier alpha value is -0.610. The Balaban J connectivity index is 1.97. The van der Waals surface area contributed by atoms with Crippen LogP contribution in [0.5, 0.6) is 0 Å². The Morgan fingerprint density at radius 2 is 2.27 bits per heavy atom. The van der Waals surface area contributed by atoms with Crippen molar-refractivity contribution in [3.05, 3.63) is 0 Å². The number of rotatable bonds is 2. The van der Waals surface area contributed by atoms with Crippen molar-refractivity contribution in [1.29, 1.82) is 0 Å². The van der Waals surface area contributed by atoms with E-state index in [0.717, 1.165) is 45.4 Å². The molecule has 2 atom stereocenters. The van der Waals surface area contributed by atoms with Gasteiger partial charge in [0.2, 0.25) is 0 Å². The summed E-state index contributed by atoms with van der Waals surface area (Å²) in [5.41, 5.74) is 0. The molecule has 0 aliphatic carbocycles. The largest absolute Gasteiger partial charge is 0.468 e. The van der Waals surface area contributed by atoms with Gasteiger partial charge >= 0.3 is 5.97 Å². The van der Waals surface area contributed by atoms with E-state index in [0.29, 0.717) is 6.04 Å². The maximum absolute atomic E-state index is 11.6. The summed E-state index contributed by atoms with van der Waals surface area (Å²) in [5.74, 6) is -0.0851. The third-order valence-electron chi connectivity index (χ3n) is 3.37. The second-order valence-corrected chi connectivity index (χ2v) is 4.29. The number of carbonyl (C=O) groups is 1. The summed E-state index contributed by atoms with van der Waals surface area (Å²) in [7, 11) is 1.47. The van der Waals surface area contributed by atoms with Crippen molar-refractivity contribution in [2.24, 2.45) is 0 Å². The molecule has 2 saturated heterocycles. The van der Waals surface area contributed by atoms with E-state index in [1.165, 1.54) is 7.11 Å². The zero-order valence-corrected chi connectivity index (χ0v) is 9.28. The van der Waals surface area contributed by atoms with Gasteiger partial charge in [0.1, 0.15) is 6.04 Å². The van der Waals surface area contributed by atoms with Crippen LogP contribution in [0.3, 0.4) is 0 Å². The second kappa shape index (κ2) is 4.94. The zero-order chi connectivity index (χ0) is 10.7. The van der Waals surface area contributed by atoms with Crippen molar-refractivity contribution in [3.8, 4) is 0 Å².